The van der Waals surface area contributed by atoms with Crippen molar-refractivity contribution >= 4 is 10.5 Å². The van der Waals surface area contributed by atoms with E-state index in [2.05, 4.69) is 4.36 Å². The lowest BCUT2D eigenvalue weighted by Crippen LogP contribution is -1.84. The average Bonchev–Trinajstić information content (AvgIpc) is 2.15. The largest absolute Gasteiger partial charge is 0.497 e. The number of rotatable bonds is 3. The van der Waals surface area contributed by atoms with Crippen LogP contribution in [-0.4, -0.2) is 15.5 Å². The summed E-state index contributed by atoms with van der Waals surface area (Å²) in [6.45, 7) is 0.181. The molecular weight excluding hydrogens is 190 g/mol. The van der Waals surface area contributed by atoms with Crippen LogP contribution >= 0.6 is 0 Å². The lowest BCUT2D eigenvalue weighted by atomic mass is 10.2. The molecule has 0 amide bonds. The zero-order valence-electron chi connectivity index (χ0n) is 7.10. The van der Waals surface area contributed by atoms with Gasteiger partial charge in [0.05, 0.1) is 13.7 Å². The van der Waals surface area contributed by atoms with Crippen LogP contribution in [0.3, 0.4) is 0 Å². The zero-order chi connectivity index (χ0) is 9.68. The normalized spacial score (nSPS) is 9.31. The molecule has 0 heterocycles. The lowest BCUT2D eigenvalue weighted by molar-refractivity contribution is 0.414. The summed E-state index contributed by atoms with van der Waals surface area (Å²) in [5.41, 5.74) is 0.838. The Morgan fingerprint density at radius 2 is 1.92 bits per heavy atom. The highest BCUT2D eigenvalue weighted by molar-refractivity contribution is 7.61. The van der Waals surface area contributed by atoms with E-state index in [0.717, 1.165) is 11.3 Å². The summed E-state index contributed by atoms with van der Waals surface area (Å²) in [5.74, 6) is 0.743. The van der Waals surface area contributed by atoms with Crippen molar-refractivity contribution in [2.24, 2.45) is 4.36 Å². The molecule has 0 aromatic heterocycles. The quantitative estimate of drug-likeness (QED) is 0.736. The molecule has 0 spiro atoms. The second-order valence-electron chi connectivity index (χ2n) is 2.35. The van der Waals surface area contributed by atoms with Gasteiger partial charge in [0.2, 0.25) is 0 Å². The molecule has 0 unspecified atom stereocenters. The molecule has 0 aliphatic carbocycles. The molecule has 0 atom stereocenters. The standard InChI is InChI=1S/C8H9NO3S/c1-12-8-4-2-7(3-5-8)6-9-13(10)11/h2-5H,6H2,1H3. The maximum absolute atomic E-state index is 10.1. The molecule has 0 radical (unpaired) electrons. The van der Waals surface area contributed by atoms with Gasteiger partial charge in [-0.05, 0) is 17.7 Å². The van der Waals surface area contributed by atoms with Crippen molar-refractivity contribution in [3.63, 3.8) is 0 Å². The Morgan fingerprint density at radius 1 is 1.31 bits per heavy atom. The molecule has 0 N–H and O–H groups in total. The van der Waals surface area contributed by atoms with Gasteiger partial charge in [-0.25, -0.2) is 0 Å². The molecule has 13 heavy (non-hydrogen) atoms. The first kappa shape index (κ1) is 9.73. The predicted octanol–water partition coefficient (Wildman–Crippen LogP) is 1.26. The van der Waals surface area contributed by atoms with E-state index < -0.39 is 10.5 Å². The second kappa shape index (κ2) is 4.61. The molecule has 0 fully saturated rings. The van der Waals surface area contributed by atoms with Crippen LogP contribution in [0.15, 0.2) is 28.6 Å². The first-order valence-corrected chi connectivity index (χ1v) is 4.65. The van der Waals surface area contributed by atoms with Crippen LogP contribution in [-0.2, 0) is 17.0 Å². The lowest BCUT2D eigenvalue weighted by Gasteiger charge is -1.99. The van der Waals surface area contributed by atoms with Crippen LogP contribution in [0.1, 0.15) is 5.56 Å². The third kappa shape index (κ3) is 3.25. The fraction of sp³-hybridized carbons (Fsp3) is 0.250. The van der Waals surface area contributed by atoms with Gasteiger partial charge in [-0.1, -0.05) is 12.1 Å². The van der Waals surface area contributed by atoms with Crippen LogP contribution in [0.4, 0.5) is 0 Å². The number of nitrogens with zero attached hydrogens (tertiary/aromatic N) is 1. The molecule has 1 rings (SSSR count). The van der Waals surface area contributed by atoms with Crippen molar-refractivity contribution in [3.8, 4) is 5.75 Å². The van der Waals surface area contributed by atoms with E-state index in [4.69, 9.17) is 4.74 Å². The van der Waals surface area contributed by atoms with E-state index in [-0.39, 0.29) is 6.54 Å². The Bertz CT molecular complexity index is 386. The summed E-state index contributed by atoms with van der Waals surface area (Å²) in [7, 11) is -0.754. The summed E-state index contributed by atoms with van der Waals surface area (Å²) in [6, 6.07) is 7.07. The van der Waals surface area contributed by atoms with Gasteiger partial charge in [0.1, 0.15) is 5.75 Å². The number of hydrogen-bond donors (Lipinski definition) is 0. The Kier molecular flexibility index (Phi) is 3.45. The number of benzene rings is 1. The molecule has 70 valence electrons. The summed E-state index contributed by atoms with van der Waals surface area (Å²) < 4.78 is 28.5. The second-order valence-corrected chi connectivity index (χ2v) is 3.04. The molecule has 5 heteroatoms. The Hall–Kier alpha value is -1.36. The van der Waals surface area contributed by atoms with Gasteiger partial charge < -0.3 is 4.74 Å². The average molecular weight is 199 g/mol. The Labute approximate surface area is 77.9 Å². The van der Waals surface area contributed by atoms with E-state index in [1.165, 1.54) is 0 Å². The highest BCUT2D eigenvalue weighted by atomic mass is 32.2. The zero-order valence-corrected chi connectivity index (χ0v) is 7.91. The minimum absolute atomic E-state index is 0.181. The van der Waals surface area contributed by atoms with Crippen LogP contribution in [0.2, 0.25) is 0 Å². The van der Waals surface area contributed by atoms with Crippen LogP contribution < -0.4 is 4.74 Å². The van der Waals surface area contributed by atoms with Crippen molar-refractivity contribution in [1.82, 2.24) is 0 Å². The maximum Gasteiger partial charge on any atom is 0.311 e. The topological polar surface area (TPSA) is 55.7 Å². The van der Waals surface area contributed by atoms with Gasteiger partial charge in [0.25, 0.3) is 0 Å². The number of methoxy groups -OCH3 is 1. The van der Waals surface area contributed by atoms with Crippen LogP contribution in [0, 0.1) is 0 Å². The highest BCUT2D eigenvalue weighted by Gasteiger charge is 1.92. The van der Waals surface area contributed by atoms with Crippen molar-refractivity contribution in [3.05, 3.63) is 29.8 Å². The third-order valence-electron chi connectivity index (χ3n) is 1.51. The molecule has 4 nitrogen and oxygen atoms in total. The highest BCUT2D eigenvalue weighted by Crippen LogP contribution is 2.11. The first-order valence-electron chi connectivity index (χ1n) is 3.62. The predicted molar refractivity (Wildman–Crippen MR) is 48.0 cm³/mol. The van der Waals surface area contributed by atoms with Crippen LogP contribution in [0.25, 0.3) is 0 Å². The van der Waals surface area contributed by atoms with Crippen LogP contribution in [0.5, 0.6) is 5.75 Å². The van der Waals surface area contributed by atoms with Crippen molar-refractivity contribution in [1.29, 1.82) is 0 Å². The molecule has 0 saturated carbocycles. The molecule has 0 saturated heterocycles. The summed E-state index contributed by atoms with van der Waals surface area (Å²) >= 11 is 0. The van der Waals surface area contributed by atoms with E-state index in [9.17, 15) is 8.42 Å². The Balaban J connectivity index is 2.75. The van der Waals surface area contributed by atoms with Gasteiger partial charge in [-0.3, -0.25) is 0 Å². The monoisotopic (exact) mass is 199 g/mol. The van der Waals surface area contributed by atoms with Crippen molar-refractivity contribution < 1.29 is 13.2 Å². The fourth-order valence-corrected chi connectivity index (χ4v) is 1.11. The molecular formula is C8H9NO3S. The molecule has 1 aromatic rings. The maximum atomic E-state index is 10.1. The number of hydrogen-bond acceptors (Lipinski definition) is 4. The smallest absolute Gasteiger partial charge is 0.311 e. The van der Waals surface area contributed by atoms with Gasteiger partial charge in [-0.2, -0.15) is 12.8 Å². The van der Waals surface area contributed by atoms with E-state index in [0.29, 0.717) is 0 Å². The SMILES string of the molecule is COc1ccc(CN=S(=O)=O)cc1. The van der Waals surface area contributed by atoms with Crippen molar-refractivity contribution in [2.75, 3.05) is 7.11 Å². The molecule has 0 bridgehead atoms. The first-order chi connectivity index (χ1) is 6.22. The Morgan fingerprint density at radius 3 is 2.38 bits per heavy atom. The fourth-order valence-electron chi connectivity index (χ4n) is 0.858. The molecule has 0 aliphatic heterocycles. The minimum Gasteiger partial charge on any atom is -0.497 e. The van der Waals surface area contributed by atoms with Gasteiger partial charge in [0, 0.05) is 0 Å². The number of ether oxygens (including phenoxy) is 1. The van der Waals surface area contributed by atoms with Crippen molar-refractivity contribution in [2.45, 2.75) is 6.54 Å². The van der Waals surface area contributed by atoms with E-state index in [1.54, 1.807) is 31.4 Å². The minimum atomic E-state index is -2.33. The van der Waals surface area contributed by atoms with Gasteiger partial charge in [0.15, 0.2) is 0 Å². The summed E-state index contributed by atoms with van der Waals surface area (Å²) in [5, 5.41) is 0. The van der Waals surface area contributed by atoms with Gasteiger partial charge in [-0.15, -0.1) is 0 Å². The summed E-state index contributed by atoms with van der Waals surface area (Å²) in [6.07, 6.45) is 0. The molecule has 1 aromatic carbocycles. The molecule has 0 aliphatic rings. The van der Waals surface area contributed by atoms with Gasteiger partial charge >= 0.3 is 10.5 Å². The van der Waals surface area contributed by atoms with E-state index >= 15 is 0 Å². The van der Waals surface area contributed by atoms with E-state index in [1.807, 2.05) is 0 Å². The summed E-state index contributed by atoms with van der Waals surface area (Å²) in [4.78, 5) is 0. The third-order valence-corrected chi connectivity index (χ3v) is 1.85.